The van der Waals surface area contributed by atoms with Crippen LogP contribution < -0.4 is 5.32 Å². The molecule has 0 aromatic heterocycles. The fraction of sp³-hybridized carbons (Fsp3) is 0.235. The molecule has 0 radical (unpaired) electrons. The van der Waals surface area contributed by atoms with E-state index in [1.54, 1.807) is 0 Å². The third-order valence-electron chi connectivity index (χ3n) is 4.25. The molecule has 0 saturated carbocycles. The summed E-state index contributed by atoms with van der Waals surface area (Å²) in [4.78, 5) is 12.1. The summed E-state index contributed by atoms with van der Waals surface area (Å²) in [7, 11) is -7.19. The van der Waals surface area contributed by atoms with Crippen LogP contribution in [0.15, 0.2) is 47.4 Å². The second kappa shape index (κ2) is 7.01. The lowest BCUT2D eigenvalue weighted by Gasteiger charge is -2.11. The zero-order chi connectivity index (χ0) is 19.8. The number of hydrogen-bond donors (Lipinski definition) is 1. The molecule has 0 unspecified atom stereocenters. The standard InChI is InChI=1S/C17H15F2NO5S2/c18-12-3-6-16(15(19)9-12)20-17(21)11-1-4-13(5-2-11)27(24,25)14-7-8-26(22,23)10-14/h1-6,9,14H,7-8,10H2,(H,20,21)/t14-/m0/s1. The van der Waals surface area contributed by atoms with Crippen LogP contribution in [0.1, 0.15) is 16.8 Å². The Bertz CT molecular complexity index is 1100. The fourth-order valence-electron chi connectivity index (χ4n) is 2.78. The summed E-state index contributed by atoms with van der Waals surface area (Å²) in [5.74, 6) is -3.01. The van der Waals surface area contributed by atoms with Crippen LogP contribution in [-0.4, -0.2) is 39.5 Å². The van der Waals surface area contributed by atoms with Crippen LogP contribution in [0, 0.1) is 11.6 Å². The van der Waals surface area contributed by atoms with Crippen LogP contribution in [0.4, 0.5) is 14.5 Å². The van der Waals surface area contributed by atoms with Crippen LogP contribution in [0.25, 0.3) is 0 Å². The van der Waals surface area contributed by atoms with Gasteiger partial charge >= 0.3 is 0 Å². The normalized spacial score (nSPS) is 19.0. The van der Waals surface area contributed by atoms with Crippen molar-refractivity contribution in [1.82, 2.24) is 0 Å². The van der Waals surface area contributed by atoms with Gasteiger partial charge in [0.25, 0.3) is 5.91 Å². The molecule has 1 heterocycles. The number of nitrogens with one attached hydrogen (secondary N) is 1. The van der Waals surface area contributed by atoms with Crippen molar-refractivity contribution < 1.29 is 30.4 Å². The largest absolute Gasteiger partial charge is 0.319 e. The van der Waals surface area contributed by atoms with Crippen molar-refractivity contribution in [3.63, 3.8) is 0 Å². The maximum Gasteiger partial charge on any atom is 0.255 e. The second-order valence-electron chi connectivity index (χ2n) is 6.17. The van der Waals surface area contributed by atoms with E-state index >= 15 is 0 Å². The first-order chi connectivity index (χ1) is 12.6. The highest BCUT2D eigenvalue weighted by Gasteiger charge is 2.38. The maximum atomic E-state index is 13.6. The van der Waals surface area contributed by atoms with E-state index in [9.17, 15) is 30.4 Å². The summed E-state index contributed by atoms with van der Waals surface area (Å²) >= 11 is 0. The van der Waals surface area contributed by atoms with Gasteiger partial charge in [0.05, 0.1) is 27.3 Å². The molecule has 2 aromatic rings. The van der Waals surface area contributed by atoms with E-state index in [4.69, 9.17) is 0 Å². The van der Waals surface area contributed by atoms with E-state index in [1.807, 2.05) is 0 Å². The molecular formula is C17H15F2NO5S2. The molecule has 0 aliphatic carbocycles. The first-order valence-corrected chi connectivity index (χ1v) is 11.3. The van der Waals surface area contributed by atoms with Gasteiger partial charge < -0.3 is 5.32 Å². The molecule has 1 aliphatic rings. The molecule has 27 heavy (non-hydrogen) atoms. The van der Waals surface area contributed by atoms with Crippen molar-refractivity contribution in [1.29, 1.82) is 0 Å². The molecule has 0 spiro atoms. The monoisotopic (exact) mass is 415 g/mol. The van der Waals surface area contributed by atoms with Crippen molar-refractivity contribution in [2.45, 2.75) is 16.6 Å². The minimum Gasteiger partial charge on any atom is -0.319 e. The molecule has 144 valence electrons. The van der Waals surface area contributed by atoms with Gasteiger partial charge in [-0.15, -0.1) is 0 Å². The van der Waals surface area contributed by atoms with Crippen molar-refractivity contribution in [2.75, 3.05) is 16.8 Å². The molecule has 0 bridgehead atoms. The average Bonchev–Trinajstić information content (AvgIpc) is 2.98. The number of carbonyl (C=O) groups excluding carboxylic acids is 1. The molecule has 1 saturated heterocycles. The lowest BCUT2D eigenvalue weighted by atomic mass is 10.2. The molecule has 2 aromatic carbocycles. The molecular weight excluding hydrogens is 400 g/mol. The number of hydrogen-bond acceptors (Lipinski definition) is 5. The van der Waals surface area contributed by atoms with Crippen LogP contribution in [0.5, 0.6) is 0 Å². The Kier molecular flexibility index (Phi) is 5.04. The zero-order valence-electron chi connectivity index (χ0n) is 13.9. The van der Waals surface area contributed by atoms with E-state index in [-0.39, 0.29) is 28.3 Å². The third-order valence-corrected chi connectivity index (χ3v) is 8.44. The molecule has 1 N–H and O–H groups in total. The van der Waals surface area contributed by atoms with Gasteiger partial charge in [0.15, 0.2) is 19.7 Å². The summed E-state index contributed by atoms with van der Waals surface area (Å²) in [6.07, 6.45) is 0.0384. The van der Waals surface area contributed by atoms with Gasteiger partial charge in [-0.25, -0.2) is 25.6 Å². The SMILES string of the molecule is O=C(Nc1ccc(F)cc1F)c1ccc(S(=O)(=O)[C@H]2CCS(=O)(=O)C2)cc1. The number of anilines is 1. The van der Waals surface area contributed by atoms with Gasteiger partial charge in [-0.2, -0.15) is 0 Å². The van der Waals surface area contributed by atoms with Gasteiger partial charge in [0.2, 0.25) is 0 Å². The van der Waals surface area contributed by atoms with E-state index < -0.39 is 48.2 Å². The number of halogens is 2. The van der Waals surface area contributed by atoms with E-state index in [0.29, 0.717) is 6.07 Å². The second-order valence-corrected chi connectivity index (χ2v) is 10.6. The number of rotatable bonds is 4. The Morgan fingerprint density at radius 1 is 1.07 bits per heavy atom. The van der Waals surface area contributed by atoms with Gasteiger partial charge in [0, 0.05) is 11.6 Å². The highest BCUT2D eigenvalue weighted by Crippen LogP contribution is 2.26. The number of carbonyl (C=O) groups is 1. The smallest absolute Gasteiger partial charge is 0.255 e. The Morgan fingerprint density at radius 2 is 1.74 bits per heavy atom. The lowest BCUT2D eigenvalue weighted by Crippen LogP contribution is -2.23. The fourth-order valence-corrected chi connectivity index (χ4v) is 7.14. The maximum absolute atomic E-state index is 13.6. The highest BCUT2D eigenvalue weighted by molar-refractivity contribution is 7.96. The van der Waals surface area contributed by atoms with Gasteiger partial charge in [-0.3, -0.25) is 4.79 Å². The van der Waals surface area contributed by atoms with Crippen LogP contribution in [0.3, 0.4) is 0 Å². The van der Waals surface area contributed by atoms with Gasteiger partial charge in [-0.1, -0.05) is 0 Å². The minimum atomic E-state index is -3.84. The van der Waals surface area contributed by atoms with Gasteiger partial charge in [0.1, 0.15) is 11.6 Å². The van der Waals surface area contributed by atoms with Crippen molar-refractivity contribution in [3.8, 4) is 0 Å². The highest BCUT2D eigenvalue weighted by atomic mass is 32.2. The van der Waals surface area contributed by atoms with Crippen LogP contribution in [-0.2, 0) is 19.7 Å². The van der Waals surface area contributed by atoms with E-state index in [0.717, 1.165) is 12.1 Å². The molecule has 1 aliphatic heterocycles. The molecule has 10 heteroatoms. The van der Waals surface area contributed by atoms with Crippen molar-refractivity contribution in [3.05, 3.63) is 59.7 Å². The number of benzene rings is 2. The Balaban J connectivity index is 1.77. The Morgan fingerprint density at radius 3 is 2.30 bits per heavy atom. The lowest BCUT2D eigenvalue weighted by molar-refractivity contribution is 0.102. The quantitative estimate of drug-likeness (QED) is 0.826. The molecule has 3 rings (SSSR count). The average molecular weight is 415 g/mol. The molecule has 1 fully saturated rings. The van der Waals surface area contributed by atoms with Crippen molar-refractivity contribution in [2.24, 2.45) is 0 Å². The first-order valence-electron chi connectivity index (χ1n) is 7.89. The zero-order valence-corrected chi connectivity index (χ0v) is 15.5. The predicted molar refractivity (Wildman–Crippen MR) is 95.0 cm³/mol. The molecule has 6 nitrogen and oxygen atoms in total. The first kappa shape index (κ1) is 19.4. The summed E-state index contributed by atoms with van der Waals surface area (Å²) in [6, 6.07) is 7.58. The van der Waals surface area contributed by atoms with E-state index in [2.05, 4.69) is 5.32 Å². The van der Waals surface area contributed by atoms with Crippen molar-refractivity contribution >= 4 is 31.3 Å². The topological polar surface area (TPSA) is 97.4 Å². The Labute approximate surface area is 155 Å². The summed E-state index contributed by atoms with van der Waals surface area (Å²) in [6.45, 7) is 0. The van der Waals surface area contributed by atoms with Crippen LogP contribution >= 0.6 is 0 Å². The third kappa shape index (κ3) is 4.16. The van der Waals surface area contributed by atoms with Gasteiger partial charge in [-0.05, 0) is 42.8 Å². The molecule has 1 amide bonds. The summed E-state index contributed by atoms with van der Waals surface area (Å²) in [5.41, 5.74) is -0.147. The van der Waals surface area contributed by atoms with Crippen LogP contribution in [0.2, 0.25) is 0 Å². The minimum absolute atomic E-state index is 0.0384. The summed E-state index contributed by atoms with van der Waals surface area (Å²) < 4.78 is 74.6. The predicted octanol–water partition coefficient (Wildman–Crippen LogP) is 2.18. The Hall–Kier alpha value is -2.33. The number of sulfone groups is 2. The number of amides is 1. The van der Waals surface area contributed by atoms with E-state index in [1.165, 1.54) is 24.3 Å². The molecule has 1 atom stereocenters. The summed E-state index contributed by atoms with van der Waals surface area (Å²) in [5, 5.41) is 1.26.